The normalized spacial score (nSPS) is 15.7. The van der Waals surface area contributed by atoms with Crippen molar-refractivity contribution in [1.82, 2.24) is 0 Å². The van der Waals surface area contributed by atoms with E-state index in [2.05, 4.69) is 24.3 Å². The standard InChI is InChI=1S/C13H12O/c1-2-11(10-4-5-10)8-12(3-1)13-6-7-14-9-13/h1-3,6-10H,4-5H2. The van der Waals surface area contributed by atoms with Gasteiger partial charge in [0, 0.05) is 5.56 Å². The third kappa shape index (κ3) is 1.35. The van der Waals surface area contributed by atoms with Gasteiger partial charge in [-0.3, -0.25) is 0 Å². The van der Waals surface area contributed by atoms with Gasteiger partial charge in [0.05, 0.1) is 12.5 Å². The molecule has 0 atom stereocenters. The second-order valence-electron chi connectivity index (χ2n) is 3.91. The number of rotatable bonds is 2. The van der Waals surface area contributed by atoms with E-state index in [9.17, 15) is 0 Å². The summed E-state index contributed by atoms with van der Waals surface area (Å²) in [6.45, 7) is 0. The Hall–Kier alpha value is -1.50. The summed E-state index contributed by atoms with van der Waals surface area (Å²) in [5, 5.41) is 0. The van der Waals surface area contributed by atoms with Crippen molar-refractivity contribution in [2.24, 2.45) is 0 Å². The van der Waals surface area contributed by atoms with Crippen molar-refractivity contribution in [2.75, 3.05) is 0 Å². The van der Waals surface area contributed by atoms with E-state index in [0.29, 0.717) is 0 Å². The maximum absolute atomic E-state index is 5.08. The first-order chi connectivity index (χ1) is 6.93. The van der Waals surface area contributed by atoms with E-state index in [0.717, 1.165) is 5.92 Å². The van der Waals surface area contributed by atoms with E-state index in [1.165, 1.54) is 29.5 Å². The minimum atomic E-state index is 0.821. The molecule has 1 nitrogen and oxygen atoms in total. The van der Waals surface area contributed by atoms with Crippen molar-refractivity contribution in [1.29, 1.82) is 0 Å². The van der Waals surface area contributed by atoms with Crippen molar-refractivity contribution < 1.29 is 4.42 Å². The van der Waals surface area contributed by atoms with Gasteiger partial charge in [0.25, 0.3) is 0 Å². The molecule has 0 spiro atoms. The third-order valence-electron chi connectivity index (χ3n) is 2.79. The van der Waals surface area contributed by atoms with Gasteiger partial charge < -0.3 is 4.42 Å². The zero-order valence-corrected chi connectivity index (χ0v) is 7.94. The Bertz CT molecular complexity index is 424. The molecular formula is C13H12O. The Labute approximate surface area is 83.4 Å². The molecule has 0 unspecified atom stereocenters. The molecular weight excluding hydrogens is 172 g/mol. The summed E-state index contributed by atoms with van der Waals surface area (Å²) in [5.41, 5.74) is 3.92. The molecule has 0 radical (unpaired) electrons. The summed E-state index contributed by atoms with van der Waals surface area (Å²) in [6, 6.07) is 10.8. The second-order valence-corrected chi connectivity index (χ2v) is 3.91. The highest BCUT2D eigenvalue weighted by Gasteiger charge is 2.23. The molecule has 3 rings (SSSR count). The van der Waals surface area contributed by atoms with Crippen molar-refractivity contribution in [3.05, 3.63) is 48.4 Å². The van der Waals surface area contributed by atoms with Crippen molar-refractivity contribution in [2.45, 2.75) is 18.8 Å². The number of hydrogen-bond donors (Lipinski definition) is 0. The van der Waals surface area contributed by atoms with Crippen LogP contribution in [0, 0.1) is 0 Å². The van der Waals surface area contributed by atoms with Crippen LogP contribution in [0.5, 0.6) is 0 Å². The average molecular weight is 184 g/mol. The Morgan fingerprint density at radius 2 is 2.00 bits per heavy atom. The molecule has 1 heterocycles. The van der Waals surface area contributed by atoms with Crippen LogP contribution in [0.4, 0.5) is 0 Å². The number of hydrogen-bond acceptors (Lipinski definition) is 1. The van der Waals surface area contributed by atoms with Gasteiger partial charge in [0.15, 0.2) is 0 Å². The molecule has 0 saturated heterocycles. The minimum absolute atomic E-state index is 0.821. The van der Waals surface area contributed by atoms with Crippen LogP contribution in [0.15, 0.2) is 47.3 Å². The van der Waals surface area contributed by atoms with E-state index in [1.807, 2.05) is 6.07 Å². The van der Waals surface area contributed by atoms with Gasteiger partial charge in [0.1, 0.15) is 0 Å². The lowest BCUT2D eigenvalue weighted by molar-refractivity contribution is 0.568. The lowest BCUT2D eigenvalue weighted by Gasteiger charge is -2.01. The molecule has 0 N–H and O–H groups in total. The summed E-state index contributed by atoms with van der Waals surface area (Å²) in [7, 11) is 0. The van der Waals surface area contributed by atoms with E-state index in [4.69, 9.17) is 4.42 Å². The Balaban J connectivity index is 2.02. The van der Waals surface area contributed by atoms with Crippen LogP contribution in [0.3, 0.4) is 0 Å². The molecule has 1 fully saturated rings. The summed E-state index contributed by atoms with van der Waals surface area (Å²) in [4.78, 5) is 0. The monoisotopic (exact) mass is 184 g/mol. The minimum Gasteiger partial charge on any atom is -0.472 e. The first kappa shape index (κ1) is 7.86. The molecule has 1 saturated carbocycles. The van der Waals surface area contributed by atoms with Crippen molar-refractivity contribution >= 4 is 0 Å². The Morgan fingerprint density at radius 1 is 1.07 bits per heavy atom. The molecule has 1 aliphatic carbocycles. The van der Waals surface area contributed by atoms with Crippen LogP contribution < -0.4 is 0 Å². The van der Waals surface area contributed by atoms with Gasteiger partial charge in [0.2, 0.25) is 0 Å². The van der Waals surface area contributed by atoms with E-state index in [-0.39, 0.29) is 0 Å². The molecule has 70 valence electrons. The lowest BCUT2D eigenvalue weighted by Crippen LogP contribution is -1.80. The van der Waals surface area contributed by atoms with Crippen LogP contribution in [0.25, 0.3) is 11.1 Å². The first-order valence-corrected chi connectivity index (χ1v) is 5.06. The fourth-order valence-electron chi connectivity index (χ4n) is 1.82. The molecule has 0 bridgehead atoms. The molecule has 1 heteroatoms. The summed E-state index contributed by atoms with van der Waals surface area (Å²) in [6.07, 6.45) is 6.23. The van der Waals surface area contributed by atoms with Crippen LogP contribution in [-0.2, 0) is 0 Å². The van der Waals surface area contributed by atoms with Crippen molar-refractivity contribution in [3.63, 3.8) is 0 Å². The highest BCUT2D eigenvalue weighted by atomic mass is 16.3. The molecule has 0 amide bonds. The fraction of sp³-hybridized carbons (Fsp3) is 0.231. The molecule has 14 heavy (non-hydrogen) atoms. The molecule has 0 aliphatic heterocycles. The van der Waals surface area contributed by atoms with Crippen LogP contribution >= 0.6 is 0 Å². The highest BCUT2D eigenvalue weighted by Crippen LogP contribution is 2.41. The summed E-state index contributed by atoms with van der Waals surface area (Å²) >= 11 is 0. The molecule has 1 aliphatic rings. The topological polar surface area (TPSA) is 13.1 Å². The van der Waals surface area contributed by atoms with Gasteiger partial charge in [-0.05, 0) is 36.0 Å². The first-order valence-electron chi connectivity index (χ1n) is 5.06. The maximum Gasteiger partial charge on any atom is 0.0980 e. The van der Waals surface area contributed by atoms with Gasteiger partial charge >= 0.3 is 0 Å². The van der Waals surface area contributed by atoms with Gasteiger partial charge in [-0.2, -0.15) is 0 Å². The third-order valence-corrected chi connectivity index (χ3v) is 2.79. The molecule has 2 aromatic rings. The smallest absolute Gasteiger partial charge is 0.0980 e. The Kier molecular flexibility index (Phi) is 1.69. The van der Waals surface area contributed by atoms with Crippen LogP contribution in [0.1, 0.15) is 24.3 Å². The maximum atomic E-state index is 5.08. The summed E-state index contributed by atoms with van der Waals surface area (Å²) < 4.78 is 5.08. The van der Waals surface area contributed by atoms with Crippen LogP contribution in [-0.4, -0.2) is 0 Å². The average Bonchev–Trinajstić information content (AvgIpc) is 2.94. The zero-order valence-electron chi connectivity index (χ0n) is 7.94. The van der Waals surface area contributed by atoms with E-state index in [1.54, 1.807) is 12.5 Å². The number of furan rings is 1. The van der Waals surface area contributed by atoms with Gasteiger partial charge in [-0.15, -0.1) is 0 Å². The van der Waals surface area contributed by atoms with Gasteiger partial charge in [-0.25, -0.2) is 0 Å². The fourth-order valence-corrected chi connectivity index (χ4v) is 1.82. The van der Waals surface area contributed by atoms with Gasteiger partial charge in [-0.1, -0.05) is 24.3 Å². The quantitative estimate of drug-likeness (QED) is 0.691. The van der Waals surface area contributed by atoms with Crippen LogP contribution in [0.2, 0.25) is 0 Å². The van der Waals surface area contributed by atoms with E-state index < -0.39 is 0 Å². The van der Waals surface area contributed by atoms with Crippen molar-refractivity contribution in [3.8, 4) is 11.1 Å². The number of benzene rings is 1. The van der Waals surface area contributed by atoms with E-state index >= 15 is 0 Å². The predicted molar refractivity (Wildman–Crippen MR) is 56.1 cm³/mol. The predicted octanol–water partition coefficient (Wildman–Crippen LogP) is 3.82. The molecule has 1 aromatic heterocycles. The largest absolute Gasteiger partial charge is 0.472 e. The Morgan fingerprint density at radius 3 is 2.71 bits per heavy atom. The summed E-state index contributed by atoms with van der Waals surface area (Å²) in [5.74, 6) is 0.821. The second kappa shape index (κ2) is 3.02. The SMILES string of the molecule is c1cc(-c2ccoc2)cc(C2CC2)c1. The molecule has 1 aromatic carbocycles. The lowest BCUT2D eigenvalue weighted by atomic mass is 10.0. The highest BCUT2D eigenvalue weighted by molar-refractivity contribution is 5.63. The zero-order chi connectivity index (χ0) is 9.38.